The predicted octanol–water partition coefficient (Wildman–Crippen LogP) is 2.96. The zero-order valence-electron chi connectivity index (χ0n) is 18.3. The average molecular weight is 454 g/mol. The van der Waals surface area contributed by atoms with E-state index in [4.69, 9.17) is 4.74 Å². The number of methoxy groups -OCH3 is 1. The number of rotatable bonds is 6. The highest BCUT2D eigenvalue weighted by Gasteiger charge is 2.27. The van der Waals surface area contributed by atoms with Gasteiger partial charge in [-0.1, -0.05) is 36.4 Å². The first-order valence-corrected chi connectivity index (χ1v) is 12.3. The summed E-state index contributed by atoms with van der Waals surface area (Å²) in [7, 11) is -2.00. The van der Waals surface area contributed by atoms with Crippen LogP contribution in [0, 0.1) is 0 Å². The quantitative estimate of drug-likeness (QED) is 0.574. The highest BCUT2D eigenvalue weighted by Crippen LogP contribution is 2.28. The fourth-order valence-corrected chi connectivity index (χ4v) is 4.90. The van der Waals surface area contributed by atoms with Crippen LogP contribution >= 0.6 is 0 Å². The number of carbonyl (C=O) groups is 1. The van der Waals surface area contributed by atoms with Crippen LogP contribution in [-0.2, 0) is 14.8 Å². The maximum Gasteiger partial charge on any atom is 0.243 e. The molecule has 1 aliphatic heterocycles. The van der Waals surface area contributed by atoms with Gasteiger partial charge in [0.05, 0.1) is 19.1 Å². The van der Waals surface area contributed by atoms with Gasteiger partial charge in [-0.05, 0) is 35.7 Å². The Hall–Kier alpha value is -3.26. The summed E-state index contributed by atoms with van der Waals surface area (Å²) in [5.41, 5.74) is 1.60. The number of ether oxygens (including phenoxy) is 1. The molecule has 168 valence electrons. The number of hydrogen-bond donors (Lipinski definition) is 0. The number of sulfonamides is 1. The molecule has 3 aromatic rings. The van der Waals surface area contributed by atoms with Gasteiger partial charge in [0.25, 0.3) is 0 Å². The van der Waals surface area contributed by atoms with Crippen molar-refractivity contribution in [3.63, 3.8) is 0 Å². The van der Waals surface area contributed by atoms with Gasteiger partial charge in [0, 0.05) is 37.3 Å². The van der Waals surface area contributed by atoms with Crippen molar-refractivity contribution in [3.8, 4) is 5.75 Å². The van der Waals surface area contributed by atoms with Crippen molar-refractivity contribution < 1.29 is 17.9 Å². The van der Waals surface area contributed by atoms with Gasteiger partial charge >= 0.3 is 0 Å². The van der Waals surface area contributed by atoms with Crippen molar-refractivity contribution in [2.75, 3.05) is 55.3 Å². The van der Waals surface area contributed by atoms with Crippen LogP contribution < -0.4 is 13.9 Å². The summed E-state index contributed by atoms with van der Waals surface area (Å²) >= 11 is 0. The van der Waals surface area contributed by atoms with Gasteiger partial charge in [0.1, 0.15) is 12.3 Å². The Labute approximate surface area is 188 Å². The van der Waals surface area contributed by atoms with Crippen LogP contribution in [0.5, 0.6) is 5.75 Å². The first-order chi connectivity index (χ1) is 15.4. The Morgan fingerprint density at radius 2 is 1.59 bits per heavy atom. The van der Waals surface area contributed by atoms with E-state index in [0.717, 1.165) is 28.5 Å². The van der Waals surface area contributed by atoms with E-state index < -0.39 is 10.0 Å². The number of amides is 1. The summed E-state index contributed by atoms with van der Waals surface area (Å²) in [6.07, 6.45) is 1.14. The van der Waals surface area contributed by atoms with Crippen molar-refractivity contribution in [2.45, 2.75) is 0 Å². The molecule has 1 saturated heterocycles. The molecule has 1 fully saturated rings. The number of anilines is 2. The molecule has 1 heterocycles. The monoisotopic (exact) mass is 453 g/mol. The van der Waals surface area contributed by atoms with Crippen LogP contribution in [-0.4, -0.2) is 65.3 Å². The van der Waals surface area contributed by atoms with Crippen molar-refractivity contribution in [1.82, 2.24) is 4.90 Å². The second kappa shape index (κ2) is 9.08. The maximum absolute atomic E-state index is 13.1. The lowest BCUT2D eigenvalue weighted by atomic mass is 10.1. The Morgan fingerprint density at radius 1 is 0.938 bits per heavy atom. The van der Waals surface area contributed by atoms with E-state index in [1.165, 1.54) is 4.31 Å². The average Bonchev–Trinajstić information content (AvgIpc) is 2.81. The summed E-state index contributed by atoms with van der Waals surface area (Å²) in [5, 5.41) is 1.73. The van der Waals surface area contributed by atoms with Gasteiger partial charge in [0.2, 0.25) is 15.9 Å². The molecule has 0 unspecified atom stereocenters. The third-order valence-electron chi connectivity index (χ3n) is 5.78. The molecular formula is C24H27N3O4S. The molecule has 7 nitrogen and oxygen atoms in total. The zero-order valence-corrected chi connectivity index (χ0v) is 19.1. The van der Waals surface area contributed by atoms with E-state index in [0.29, 0.717) is 31.9 Å². The van der Waals surface area contributed by atoms with Crippen molar-refractivity contribution in [3.05, 3.63) is 66.7 Å². The number of fused-ring (bicyclic) bond motifs is 1. The van der Waals surface area contributed by atoms with Crippen LogP contribution in [0.15, 0.2) is 66.7 Å². The van der Waals surface area contributed by atoms with Crippen LogP contribution in [0.25, 0.3) is 10.8 Å². The summed E-state index contributed by atoms with van der Waals surface area (Å²) < 4.78 is 31.7. The standard InChI is InChI=1S/C24H27N3O4S/c1-31-21-12-10-20(11-13-21)25-14-16-26(17-15-25)24(28)18-27(32(2,29)30)23-9-5-7-19-6-3-4-8-22(19)23/h3-13H,14-18H2,1-2H3. The van der Waals surface area contributed by atoms with E-state index >= 15 is 0 Å². The molecule has 3 aromatic carbocycles. The highest BCUT2D eigenvalue weighted by molar-refractivity contribution is 7.92. The minimum Gasteiger partial charge on any atom is -0.497 e. The molecule has 0 N–H and O–H groups in total. The van der Waals surface area contributed by atoms with Crippen LogP contribution in [0.2, 0.25) is 0 Å². The second-order valence-electron chi connectivity index (χ2n) is 7.83. The largest absolute Gasteiger partial charge is 0.497 e. The fraction of sp³-hybridized carbons (Fsp3) is 0.292. The van der Waals surface area contributed by atoms with Crippen LogP contribution in [0.4, 0.5) is 11.4 Å². The van der Waals surface area contributed by atoms with Crippen molar-refractivity contribution in [1.29, 1.82) is 0 Å². The molecule has 0 aliphatic carbocycles. The molecule has 0 atom stereocenters. The van der Waals surface area contributed by atoms with Gasteiger partial charge in [-0.3, -0.25) is 9.10 Å². The number of piperazine rings is 1. The smallest absolute Gasteiger partial charge is 0.243 e. The topological polar surface area (TPSA) is 70.2 Å². The third-order valence-corrected chi connectivity index (χ3v) is 6.91. The van der Waals surface area contributed by atoms with Gasteiger partial charge in [-0.15, -0.1) is 0 Å². The first kappa shape index (κ1) is 22.0. The lowest BCUT2D eigenvalue weighted by Gasteiger charge is -2.37. The molecular weight excluding hydrogens is 426 g/mol. The van der Waals surface area contributed by atoms with Crippen molar-refractivity contribution >= 4 is 38.1 Å². The highest BCUT2D eigenvalue weighted by atomic mass is 32.2. The molecule has 0 saturated carbocycles. The van der Waals surface area contributed by atoms with Crippen LogP contribution in [0.1, 0.15) is 0 Å². The zero-order chi connectivity index (χ0) is 22.7. The number of carbonyl (C=O) groups excluding carboxylic acids is 1. The summed E-state index contributed by atoms with van der Waals surface area (Å²) in [4.78, 5) is 17.0. The number of hydrogen-bond acceptors (Lipinski definition) is 5. The molecule has 32 heavy (non-hydrogen) atoms. The number of benzene rings is 3. The molecule has 1 amide bonds. The summed E-state index contributed by atoms with van der Waals surface area (Å²) in [6.45, 7) is 2.24. The minimum atomic E-state index is -3.64. The van der Waals surface area contributed by atoms with E-state index in [9.17, 15) is 13.2 Å². The van der Waals surface area contributed by atoms with Crippen molar-refractivity contribution in [2.24, 2.45) is 0 Å². The molecule has 0 bridgehead atoms. The number of nitrogens with zero attached hydrogens (tertiary/aromatic N) is 3. The van der Waals surface area contributed by atoms with E-state index in [1.807, 2.05) is 60.7 Å². The molecule has 0 aromatic heterocycles. The van der Waals surface area contributed by atoms with Gasteiger partial charge in [-0.25, -0.2) is 8.42 Å². The lowest BCUT2D eigenvalue weighted by molar-refractivity contribution is -0.129. The summed E-state index contributed by atoms with van der Waals surface area (Å²) in [6, 6.07) is 20.9. The Balaban J connectivity index is 1.48. The first-order valence-electron chi connectivity index (χ1n) is 10.5. The molecule has 0 spiro atoms. The fourth-order valence-electron chi connectivity index (χ4n) is 4.04. The maximum atomic E-state index is 13.1. The minimum absolute atomic E-state index is 0.197. The summed E-state index contributed by atoms with van der Waals surface area (Å²) in [5.74, 6) is 0.606. The second-order valence-corrected chi connectivity index (χ2v) is 9.74. The van der Waals surface area contributed by atoms with E-state index in [1.54, 1.807) is 18.1 Å². The molecule has 8 heteroatoms. The Bertz CT molecular complexity index is 1200. The van der Waals surface area contributed by atoms with Gasteiger partial charge in [0.15, 0.2) is 0 Å². The lowest BCUT2D eigenvalue weighted by Crippen LogP contribution is -2.52. The van der Waals surface area contributed by atoms with Gasteiger partial charge in [-0.2, -0.15) is 0 Å². The Kier molecular flexibility index (Phi) is 6.23. The molecule has 4 rings (SSSR count). The molecule has 0 radical (unpaired) electrons. The van der Waals surface area contributed by atoms with Gasteiger partial charge < -0.3 is 14.5 Å². The normalized spacial score (nSPS) is 14.4. The van der Waals surface area contributed by atoms with Crippen LogP contribution in [0.3, 0.4) is 0 Å². The Morgan fingerprint density at radius 3 is 2.25 bits per heavy atom. The molecule has 1 aliphatic rings. The SMILES string of the molecule is COc1ccc(N2CCN(C(=O)CN(c3cccc4ccccc34)S(C)(=O)=O)CC2)cc1. The van der Waals surface area contributed by atoms with E-state index in [2.05, 4.69) is 4.90 Å². The van der Waals surface area contributed by atoms with E-state index in [-0.39, 0.29) is 12.5 Å². The predicted molar refractivity (Wildman–Crippen MR) is 128 cm³/mol. The third kappa shape index (κ3) is 4.65.